The SMILES string of the molecule is O=C(O)C1OCC(O[C@@H]2O[C@H](CO)[C@H](O)[C@H](O)[C@H]2O)CC1O. The molecule has 0 aromatic heterocycles. The number of aliphatic hydroxyl groups is 5. The van der Waals surface area contributed by atoms with E-state index in [0.717, 1.165) is 0 Å². The third-order valence-electron chi connectivity index (χ3n) is 3.73. The topological polar surface area (TPSA) is 166 Å². The lowest BCUT2D eigenvalue weighted by Crippen LogP contribution is -2.60. The molecule has 0 spiro atoms. The Morgan fingerprint density at radius 3 is 2.36 bits per heavy atom. The van der Waals surface area contributed by atoms with Crippen LogP contribution in [0.3, 0.4) is 0 Å². The minimum absolute atomic E-state index is 0.0635. The van der Waals surface area contributed by atoms with Crippen LogP contribution in [0.4, 0.5) is 0 Å². The van der Waals surface area contributed by atoms with Gasteiger partial charge in [0.1, 0.15) is 24.4 Å². The maximum Gasteiger partial charge on any atom is 0.335 e. The zero-order chi connectivity index (χ0) is 16.4. The van der Waals surface area contributed by atoms with Crippen molar-refractivity contribution in [2.24, 2.45) is 0 Å². The predicted octanol–water partition coefficient (Wildman–Crippen LogP) is -3.59. The van der Waals surface area contributed by atoms with Gasteiger partial charge in [0, 0.05) is 6.42 Å². The van der Waals surface area contributed by atoms with E-state index in [1.165, 1.54) is 0 Å². The first kappa shape index (κ1) is 17.5. The van der Waals surface area contributed by atoms with Gasteiger partial charge in [-0.3, -0.25) is 0 Å². The van der Waals surface area contributed by atoms with Crippen molar-refractivity contribution in [3.8, 4) is 0 Å². The molecule has 2 rings (SSSR count). The van der Waals surface area contributed by atoms with E-state index in [-0.39, 0.29) is 13.0 Å². The van der Waals surface area contributed by atoms with E-state index in [4.69, 9.17) is 24.4 Å². The van der Waals surface area contributed by atoms with Gasteiger partial charge in [-0.25, -0.2) is 4.79 Å². The summed E-state index contributed by atoms with van der Waals surface area (Å²) in [7, 11) is 0. The van der Waals surface area contributed by atoms with Gasteiger partial charge in [-0.1, -0.05) is 0 Å². The van der Waals surface area contributed by atoms with Crippen molar-refractivity contribution in [3.63, 3.8) is 0 Å². The Labute approximate surface area is 125 Å². The summed E-state index contributed by atoms with van der Waals surface area (Å²) in [6.45, 7) is -0.737. The summed E-state index contributed by atoms with van der Waals surface area (Å²) in [6.07, 6.45) is -10.6. The van der Waals surface area contributed by atoms with E-state index in [2.05, 4.69) is 0 Å². The van der Waals surface area contributed by atoms with Crippen LogP contribution < -0.4 is 0 Å². The summed E-state index contributed by atoms with van der Waals surface area (Å²) in [5.74, 6) is -1.29. The van der Waals surface area contributed by atoms with Crippen LogP contribution in [0.5, 0.6) is 0 Å². The Hall–Kier alpha value is -0.850. The number of carbonyl (C=O) groups is 1. The van der Waals surface area contributed by atoms with E-state index in [0.29, 0.717) is 0 Å². The van der Waals surface area contributed by atoms with Crippen molar-refractivity contribution in [3.05, 3.63) is 0 Å². The van der Waals surface area contributed by atoms with Crippen molar-refractivity contribution >= 4 is 5.97 Å². The molecule has 0 aliphatic carbocycles. The number of carboxylic acid groups (broad SMARTS) is 1. The maximum atomic E-state index is 10.8. The van der Waals surface area contributed by atoms with Crippen LogP contribution in [0.1, 0.15) is 6.42 Å². The van der Waals surface area contributed by atoms with Crippen molar-refractivity contribution in [1.29, 1.82) is 0 Å². The minimum Gasteiger partial charge on any atom is -0.479 e. The largest absolute Gasteiger partial charge is 0.479 e. The Morgan fingerprint density at radius 1 is 1.14 bits per heavy atom. The first-order valence-corrected chi connectivity index (χ1v) is 6.83. The van der Waals surface area contributed by atoms with Crippen molar-refractivity contribution in [1.82, 2.24) is 0 Å². The van der Waals surface area contributed by atoms with Gasteiger partial charge in [0.15, 0.2) is 12.4 Å². The lowest BCUT2D eigenvalue weighted by Gasteiger charge is -2.42. The monoisotopic (exact) mass is 324 g/mol. The van der Waals surface area contributed by atoms with Crippen LogP contribution in [-0.2, 0) is 19.0 Å². The standard InChI is InChI=1S/C12H20O10/c13-2-6-7(15)8(16)9(17)12(22-6)21-4-1-5(14)10(11(18)19)20-3-4/h4-10,12-17H,1-3H2,(H,18,19)/t4?,5?,6-,7+,8+,9-,10?,12-/m1/s1. The fourth-order valence-corrected chi connectivity index (χ4v) is 2.48. The molecule has 10 nitrogen and oxygen atoms in total. The van der Waals surface area contributed by atoms with E-state index < -0.39 is 61.6 Å². The van der Waals surface area contributed by atoms with E-state index >= 15 is 0 Å². The molecule has 0 saturated carbocycles. The smallest absolute Gasteiger partial charge is 0.335 e. The van der Waals surface area contributed by atoms with Gasteiger partial charge in [0.05, 0.1) is 25.4 Å². The summed E-state index contributed by atoms with van der Waals surface area (Å²) in [6, 6.07) is 0. The number of aliphatic carboxylic acids is 1. The second-order valence-electron chi connectivity index (χ2n) is 5.35. The predicted molar refractivity (Wildman–Crippen MR) is 66.6 cm³/mol. The van der Waals surface area contributed by atoms with Crippen LogP contribution >= 0.6 is 0 Å². The third kappa shape index (κ3) is 3.55. The number of carboxylic acids is 1. The molecule has 128 valence electrons. The average molecular weight is 324 g/mol. The van der Waals surface area contributed by atoms with Gasteiger partial charge in [-0.05, 0) is 0 Å². The molecule has 2 saturated heterocycles. The summed E-state index contributed by atoms with van der Waals surface area (Å²) < 4.78 is 15.5. The number of ether oxygens (including phenoxy) is 3. The number of hydrogen-bond donors (Lipinski definition) is 6. The molecular weight excluding hydrogens is 304 g/mol. The highest BCUT2D eigenvalue weighted by molar-refractivity contribution is 5.73. The summed E-state index contributed by atoms with van der Waals surface area (Å²) >= 11 is 0. The molecule has 2 aliphatic rings. The summed E-state index contributed by atoms with van der Waals surface area (Å²) in [5, 5.41) is 56.6. The molecular formula is C12H20O10. The lowest BCUT2D eigenvalue weighted by atomic mass is 9.99. The van der Waals surface area contributed by atoms with E-state index in [9.17, 15) is 25.2 Å². The molecule has 8 atom stereocenters. The van der Waals surface area contributed by atoms with Gasteiger partial charge in [-0.2, -0.15) is 0 Å². The maximum absolute atomic E-state index is 10.8. The Bertz CT molecular complexity index is 388. The van der Waals surface area contributed by atoms with E-state index in [1.54, 1.807) is 0 Å². The fourth-order valence-electron chi connectivity index (χ4n) is 2.48. The van der Waals surface area contributed by atoms with Gasteiger partial charge in [0.2, 0.25) is 0 Å². The van der Waals surface area contributed by atoms with Crippen molar-refractivity contribution < 1.29 is 49.6 Å². The van der Waals surface area contributed by atoms with Crippen LogP contribution in [0.15, 0.2) is 0 Å². The normalized spacial score (nSPS) is 46.4. The highest BCUT2D eigenvalue weighted by atomic mass is 16.7. The van der Waals surface area contributed by atoms with Crippen molar-refractivity contribution in [2.45, 2.75) is 55.4 Å². The second-order valence-corrected chi connectivity index (χ2v) is 5.35. The van der Waals surface area contributed by atoms with Gasteiger partial charge in [0.25, 0.3) is 0 Å². The molecule has 0 aromatic rings. The minimum atomic E-state index is -1.57. The van der Waals surface area contributed by atoms with Crippen LogP contribution in [0, 0.1) is 0 Å². The Kier molecular flexibility index (Phi) is 5.69. The zero-order valence-corrected chi connectivity index (χ0v) is 11.6. The number of aliphatic hydroxyl groups excluding tert-OH is 5. The van der Waals surface area contributed by atoms with Crippen LogP contribution in [0.25, 0.3) is 0 Å². The zero-order valence-electron chi connectivity index (χ0n) is 11.6. The average Bonchev–Trinajstić information content (AvgIpc) is 2.47. The Morgan fingerprint density at radius 2 is 1.82 bits per heavy atom. The van der Waals surface area contributed by atoms with Crippen LogP contribution in [0.2, 0.25) is 0 Å². The molecule has 6 N–H and O–H groups in total. The molecule has 2 aliphatic heterocycles. The lowest BCUT2D eigenvalue weighted by molar-refractivity contribution is -0.320. The molecule has 0 aromatic carbocycles. The molecule has 2 heterocycles. The molecule has 10 heteroatoms. The molecule has 2 fully saturated rings. The molecule has 0 bridgehead atoms. The number of hydrogen-bond acceptors (Lipinski definition) is 9. The first-order chi connectivity index (χ1) is 10.3. The van der Waals surface area contributed by atoms with Gasteiger partial charge < -0.3 is 44.8 Å². The van der Waals surface area contributed by atoms with Gasteiger partial charge in [-0.15, -0.1) is 0 Å². The van der Waals surface area contributed by atoms with Crippen molar-refractivity contribution in [2.75, 3.05) is 13.2 Å². The number of rotatable bonds is 4. The summed E-state index contributed by atoms with van der Waals surface area (Å²) in [5.41, 5.74) is 0. The highest BCUT2D eigenvalue weighted by Gasteiger charge is 2.46. The molecule has 3 unspecified atom stereocenters. The van der Waals surface area contributed by atoms with Gasteiger partial charge >= 0.3 is 5.97 Å². The Balaban J connectivity index is 1.94. The highest BCUT2D eigenvalue weighted by Crippen LogP contribution is 2.25. The quantitative estimate of drug-likeness (QED) is 0.304. The summed E-state index contributed by atoms with van der Waals surface area (Å²) in [4.78, 5) is 10.8. The van der Waals surface area contributed by atoms with E-state index in [1.807, 2.05) is 0 Å². The first-order valence-electron chi connectivity index (χ1n) is 6.83. The molecule has 22 heavy (non-hydrogen) atoms. The van der Waals surface area contributed by atoms with Crippen LogP contribution in [-0.4, -0.2) is 98.8 Å². The third-order valence-corrected chi connectivity index (χ3v) is 3.73. The fraction of sp³-hybridized carbons (Fsp3) is 0.917. The molecule has 0 amide bonds. The molecule has 0 radical (unpaired) electrons. The second kappa shape index (κ2) is 7.15.